The maximum absolute atomic E-state index is 12.3. The average molecular weight is 296 g/mol. The lowest BCUT2D eigenvalue weighted by Gasteiger charge is -2.34. The Labute approximate surface area is 129 Å². The molecule has 4 nitrogen and oxygen atoms in total. The molecule has 2 aliphatic carbocycles. The maximum Gasteiger partial charge on any atom is 0.326 e. The van der Waals surface area contributed by atoms with Crippen LogP contribution in [0.2, 0.25) is 0 Å². The van der Waals surface area contributed by atoms with Gasteiger partial charge in [0, 0.05) is 18.1 Å². The van der Waals surface area contributed by atoms with Gasteiger partial charge < -0.3 is 9.64 Å². The van der Waals surface area contributed by atoms with Crippen molar-refractivity contribution in [3.05, 3.63) is 0 Å². The van der Waals surface area contributed by atoms with Crippen LogP contribution in [0, 0.1) is 5.92 Å². The molecule has 3 unspecified atom stereocenters. The summed E-state index contributed by atoms with van der Waals surface area (Å²) in [5.41, 5.74) is -0.438. The number of nitrogens with one attached hydrogen (secondary N) is 1. The molecule has 1 N–H and O–H groups in total. The predicted octanol–water partition coefficient (Wildman–Crippen LogP) is 2.57. The summed E-state index contributed by atoms with van der Waals surface area (Å²) in [5, 5.41) is 3.58. The highest BCUT2D eigenvalue weighted by atomic mass is 16.5. The van der Waals surface area contributed by atoms with Crippen LogP contribution in [0.25, 0.3) is 0 Å². The summed E-state index contributed by atoms with van der Waals surface area (Å²) in [4.78, 5) is 14.8. The first-order chi connectivity index (χ1) is 9.88. The van der Waals surface area contributed by atoms with Gasteiger partial charge in [-0.15, -0.1) is 0 Å². The van der Waals surface area contributed by atoms with E-state index in [-0.39, 0.29) is 5.97 Å². The van der Waals surface area contributed by atoms with Crippen LogP contribution in [0.4, 0.5) is 0 Å². The first-order valence-corrected chi connectivity index (χ1v) is 8.46. The van der Waals surface area contributed by atoms with E-state index < -0.39 is 5.54 Å². The molecule has 2 fully saturated rings. The number of nitrogens with zero attached hydrogens (tertiary/aromatic N) is 1. The van der Waals surface area contributed by atoms with Gasteiger partial charge in [0.05, 0.1) is 7.11 Å². The third kappa shape index (κ3) is 3.98. The van der Waals surface area contributed by atoms with Gasteiger partial charge >= 0.3 is 5.97 Å². The van der Waals surface area contributed by atoms with E-state index in [1.807, 2.05) is 0 Å². The molecule has 122 valence electrons. The predicted molar refractivity (Wildman–Crippen MR) is 85.2 cm³/mol. The zero-order chi connectivity index (χ0) is 15.6. The molecule has 0 bridgehead atoms. The van der Waals surface area contributed by atoms with Crippen molar-refractivity contribution in [3.63, 3.8) is 0 Å². The minimum atomic E-state index is -0.438. The van der Waals surface area contributed by atoms with Crippen LogP contribution in [0.5, 0.6) is 0 Å². The largest absolute Gasteiger partial charge is 0.468 e. The maximum atomic E-state index is 12.3. The molecule has 0 radical (unpaired) electrons. The standard InChI is InChI=1S/C17H32N2O2/c1-12(2)10-13(3)19(4)15-8-9-17(11-15,16(20)21-5)18-14-6-7-14/h12-15,18H,6-11H2,1-5H3. The van der Waals surface area contributed by atoms with Crippen molar-refractivity contribution in [1.29, 1.82) is 0 Å². The van der Waals surface area contributed by atoms with Gasteiger partial charge in [-0.3, -0.25) is 10.1 Å². The minimum absolute atomic E-state index is 0.0678. The molecule has 2 rings (SSSR count). The van der Waals surface area contributed by atoms with Crippen LogP contribution in [0.3, 0.4) is 0 Å². The fourth-order valence-electron chi connectivity index (χ4n) is 3.76. The van der Waals surface area contributed by atoms with E-state index in [0.29, 0.717) is 24.0 Å². The fourth-order valence-corrected chi connectivity index (χ4v) is 3.76. The molecule has 0 amide bonds. The lowest BCUT2D eigenvalue weighted by Crippen LogP contribution is -2.53. The number of esters is 1. The van der Waals surface area contributed by atoms with Crippen molar-refractivity contribution in [2.24, 2.45) is 5.92 Å². The molecule has 21 heavy (non-hydrogen) atoms. The molecular weight excluding hydrogens is 264 g/mol. The summed E-state index contributed by atoms with van der Waals surface area (Å²) in [6, 6.07) is 1.56. The Morgan fingerprint density at radius 3 is 2.52 bits per heavy atom. The number of rotatable bonds is 7. The molecule has 0 aromatic heterocycles. The lowest BCUT2D eigenvalue weighted by atomic mass is 9.96. The van der Waals surface area contributed by atoms with Crippen LogP contribution in [0.15, 0.2) is 0 Å². The Kier molecular flexibility index (Phi) is 5.31. The van der Waals surface area contributed by atoms with Crippen molar-refractivity contribution >= 4 is 5.97 Å². The molecule has 2 aliphatic rings. The Morgan fingerprint density at radius 2 is 2.00 bits per heavy atom. The smallest absolute Gasteiger partial charge is 0.326 e. The van der Waals surface area contributed by atoms with E-state index in [1.165, 1.54) is 26.4 Å². The van der Waals surface area contributed by atoms with Crippen LogP contribution in [-0.2, 0) is 9.53 Å². The van der Waals surface area contributed by atoms with Crippen molar-refractivity contribution in [2.45, 2.75) is 83.0 Å². The van der Waals surface area contributed by atoms with Gasteiger partial charge in [-0.1, -0.05) is 13.8 Å². The molecular formula is C17H32N2O2. The minimum Gasteiger partial charge on any atom is -0.468 e. The summed E-state index contributed by atoms with van der Waals surface area (Å²) < 4.78 is 5.10. The monoisotopic (exact) mass is 296 g/mol. The first-order valence-electron chi connectivity index (χ1n) is 8.46. The Hall–Kier alpha value is -0.610. The zero-order valence-electron chi connectivity index (χ0n) is 14.3. The van der Waals surface area contributed by atoms with Gasteiger partial charge in [0.25, 0.3) is 0 Å². The second kappa shape index (κ2) is 6.66. The van der Waals surface area contributed by atoms with E-state index in [0.717, 1.165) is 19.3 Å². The summed E-state index contributed by atoms with van der Waals surface area (Å²) in [5.74, 6) is 0.639. The molecule has 0 spiro atoms. The number of ether oxygens (including phenoxy) is 1. The zero-order valence-corrected chi connectivity index (χ0v) is 14.3. The van der Waals surface area contributed by atoms with Gasteiger partial charge in [0.2, 0.25) is 0 Å². The molecule has 3 atom stereocenters. The summed E-state index contributed by atoms with van der Waals surface area (Å²) in [6.07, 6.45) is 6.46. The topological polar surface area (TPSA) is 41.6 Å². The van der Waals surface area contributed by atoms with Crippen molar-refractivity contribution < 1.29 is 9.53 Å². The van der Waals surface area contributed by atoms with Gasteiger partial charge in [-0.25, -0.2) is 0 Å². The number of hydrogen-bond donors (Lipinski definition) is 1. The Balaban J connectivity index is 1.99. The molecule has 0 saturated heterocycles. The highest BCUT2D eigenvalue weighted by molar-refractivity contribution is 5.81. The van der Waals surface area contributed by atoms with E-state index in [9.17, 15) is 4.79 Å². The van der Waals surface area contributed by atoms with Crippen LogP contribution < -0.4 is 5.32 Å². The number of carbonyl (C=O) groups excluding carboxylic acids is 1. The van der Waals surface area contributed by atoms with Gasteiger partial charge in [0.1, 0.15) is 5.54 Å². The van der Waals surface area contributed by atoms with Gasteiger partial charge in [0.15, 0.2) is 0 Å². The third-order valence-corrected chi connectivity index (χ3v) is 5.21. The van der Waals surface area contributed by atoms with Gasteiger partial charge in [-0.2, -0.15) is 0 Å². The molecule has 0 heterocycles. The van der Waals surface area contributed by atoms with Crippen molar-refractivity contribution in [2.75, 3.05) is 14.2 Å². The quantitative estimate of drug-likeness (QED) is 0.733. The second-order valence-electron chi connectivity index (χ2n) is 7.53. The Morgan fingerprint density at radius 1 is 1.33 bits per heavy atom. The molecule has 4 heteroatoms. The van der Waals surface area contributed by atoms with E-state index in [2.05, 4.69) is 38.0 Å². The summed E-state index contributed by atoms with van der Waals surface area (Å²) >= 11 is 0. The highest BCUT2D eigenvalue weighted by Gasteiger charge is 2.49. The van der Waals surface area contributed by atoms with Gasteiger partial charge in [-0.05, 0) is 58.4 Å². The number of hydrogen-bond acceptors (Lipinski definition) is 4. The molecule has 0 aromatic carbocycles. The van der Waals surface area contributed by atoms with E-state index >= 15 is 0 Å². The fraction of sp³-hybridized carbons (Fsp3) is 0.941. The van der Waals surface area contributed by atoms with Crippen LogP contribution >= 0.6 is 0 Å². The lowest BCUT2D eigenvalue weighted by molar-refractivity contribution is -0.148. The first kappa shape index (κ1) is 16.8. The van der Waals surface area contributed by atoms with E-state index in [4.69, 9.17) is 4.74 Å². The third-order valence-electron chi connectivity index (χ3n) is 5.21. The molecule has 0 aliphatic heterocycles. The number of methoxy groups -OCH3 is 1. The summed E-state index contributed by atoms with van der Waals surface area (Å²) in [7, 11) is 3.72. The second-order valence-corrected chi connectivity index (χ2v) is 7.53. The Bertz CT molecular complexity index is 368. The average Bonchev–Trinajstić information content (AvgIpc) is 3.13. The SMILES string of the molecule is COC(=O)C1(NC2CC2)CCC(N(C)C(C)CC(C)C)C1. The van der Waals surface area contributed by atoms with Crippen LogP contribution in [0.1, 0.15) is 59.3 Å². The van der Waals surface area contributed by atoms with Crippen molar-refractivity contribution in [3.8, 4) is 0 Å². The number of carbonyl (C=O) groups is 1. The molecule has 0 aromatic rings. The highest BCUT2D eigenvalue weighted by Crippen LogP contribution is 2.37. The summed E-state index contributed by atoms with van der Waals surface area (Å²) in [6.45, 7) is 6.84. The van der Waals surface area contributed by atoms with Crippen LogP contribution in [-0.4, -0.2) is 48.7 Å². The normalized spacial score (nSPS) is 30.9. The van der Waals surface area contributed by atoms with Crippen molar-refractivity contribution in [1.82, 2.24) is 10.2 Å². The van der Waals surface area contributed by atoms with E-state index in [1.54, 1.807) is 0 Å². The molecule has 2 saturated carbocycles.